The molecule has 0 aromatic heterocycles. The zero-order valence-electron chi connectivity index (χ0n) is 31.1. The number of hydrogen-bond acceptors (Lipinski definition) is 5. The summed E-state index contributed by atoms with van der Waals surface area (Å²) in [4.78, 5) is -0.392. The average molecular weight is 1020 g/mol. The zero-order valence-corrected chi connectivity index (χ0v) is 31.1. The maximum Gasteiger partial charge on any atom is 0.460 e. The van der Waals surface area contributed by atoms with Crippen molar-refractivity contribution in [3.63, 3.8) is 0 Å². The first-order chi connectivity index (χ1) is 28.2. The molecule has 1 aliphatic heterocycles. The van der Waals surface area contributed by atoms with Gasteiger partial charge in [-0.1, -0.05) is 0 Å². The van der Waals surface area contributed by atoms with Crippen molar-refractivity contribution in [2.75, 3.05) is 78.9 Å². The predicted octanol–water partition coefficient (Wildman–Crippen LogP) is 10.6. The van der Waals surface area contributed by atoms with E-state index in [-0.39, 0.29) is 29.2 Å². The monoisotopic (exact) mass is 1020 g/mol. The molecule has 5 nitrogen and oxygen atoms in total. The molecule has 0 aliphatic carbocycles. The van der Waals surface area contributed by atoms with Crippen LogP contribution < -0.4 is 0 Å². The third-order valence-corrected chi connectivity index (χ3v) is 8.92. The molecule has 35 heteroatoms. The number of nitrogens with zero attached hydrogens (tertiary/aromatic N) is 2. The normalized spacial score (nSPS) is 20.0. The molecule has 0 atom stereocenters. The largest absolute Gasteiger partial charge is 0.460 e. The highest BCUT2D eigenvalue weighted by Gasteiger charge is 2.95. The van der Waals surface area contributed by atoms with Crippen molar-refractivity contribution in [1.82, 2.24) is 9.80 Å². The Morgan fingerprint density at radius 3 is 0.812 bits per heavy atom. The molecule has 1 saturated heterocycles. The van der Waals surface area contributed by atoms with E-state index >= 15 is 0 Å². The number of hydrogen-bond donors (Lipinski definition) is 0. The van der Waals surface area contributed by atoms with E-state index in [0.29, 0.717) is 0 Å². The highest BCUT2D eigenvalue weighted by Crippen LogP contribution is 2.64. The van der Waals surface area contributed by atoms with Gasteiger partial charge in [0.2, 0.25) is 0 Å². The van der Waals surface area contributed by atoms with E-state index in [4.69, 9.17) is 9.47 Å². The van der Waals surface area contributed by atoms with Gasteiger partial charge in [0.15, 0.2) is 0 Å². The Morgan fingerprint density at radius 1 is 0.250 bits per heavy atom. The highest BCUT2D eigenvalue weighted by molar-refractivity contribution is 5.15. The molecule has 1 rings (SSSR count). The lowest BCUT2D eigenvalue weighted by Crippen LogP contribution is -2.73. The number of alkyl halides is 30. The van der Waals surface area contributed by atoms with Gasteiger partial charge in [-0.2, -0.15) is 132 Å². The smallest absolute Gasteiger partial charge is 0.379 e. The van der Waals surface area contributed by atoms with Crippen molar-refractivity contribution in [2.45, 2.75) is 103 Å². The van der Waals surface area contributed by atoms with Gasteiger partial charge in [0.1, 0.15) is 0 Å². The van der Waals surface area contributed by atoms with Crippen LogP contribution in [-0.2, 0) is 14.2 Å². The first-order valence-electron chi connectivity index (χ1n) is 17.0. The topological polar surface area (TPSA) is 34.2 Å². The molecule has 0 saturated carbocycles. The zero-order chi connectivity index (χ0) is 50.9. The predicted molar refractivity (Wildman–Crippen MR) is 151 cm³/mol. The molecular weight excluding hydrogens is 994 g/mol. The van der Waals surface area contributed by atoms with Gasteiger partial charge in [-0.15, -0.1) is 0 Å². The van der Waals surface area contributed by atoms with E-state index in [1.165, 1.54) is 0 Å². The van der Waals surface area contributed by atoms with Gasteiger partial charge >= 0.3 is 83.4 Å². The van der Waals surface area contributed by atoms with Gasteiger partial charge in [-0.3, -0.25) is 9.80 Å². The number of rotatable bonds is 14. The molecule has 0 N–H and O–H groups in total. The molecule has 1 fully saturated rings. The fraction of sp³-hybridized carbons (Fsp3) is 1.00. The van der Waals surface area contributed by atoms with Crippen LogP contribution in [0.3, 0.4) is 0 Å². The fourth-order valence-electron chi connectivity index (χ4n) is 5.02. The Bertz CT molecular complexity index is 1380. The summed E-state index contributed by atoms with van der Waals surface area (Å²) in [6.45, 7) is -16.1. The highest BCUT2D eigenvalue weighted by atomic mass is 19.4. The van der Waals surface area contributed by atoms with Gasteiger partial charge in [0, 0.05) is 26.2 Å². The summed E-state index contributed by atoms with van der Waals surface area (Å²) in [6.07, 6.45) is -16.5. The van der Waals surface area contributed by atoms with Crippen LogP contribution in [0.25, 0.3) is 0 Å². The quantitative estimate of drug-likeness (QED) is 0.162. The molecule has 0 bridgehead atoms. The lowest BCUT2D eigenvalue weighted by Gasteiger charge is -2.42. The van der Waals surface area contributed by atoms with E-state index in [9.17, 15) is 132 Å². The Hall–Kier alpha value is -2.30. The summed E-state index contributed by atoms with van der Waals surface area (Å²) in [7, 11) is 0. The Labute approximate surface area is 338 Å². The van der Waals surface area contributed by atoms with Crippen LogP contribution in [0.1, 0.15) is 19.3 Å². The van der Waals surface area contributed by atoms with Gasteiger partial charge in [0.05, 0.1) is 46.1 Å². The minimum Gasteiger partial charge on any atom is -0.379 e. The standard InChI is InChI=1S/C29H30F30N2O3/c30-16(31,18(34,35)20(38,39)22(42,43)24(46,47)26(50,51)28(54,55)56)14-60-4-2-1-3-8-62-12-13-64-11-7-61(6-10-63-9-5-60)15-17(32,33)19(36,37)21(40,41)23(44,45)25(48,49)27(52,53)29(57,58)59/h1-15H2. The van der Waals surface area contributed by atoms with Crippen LogP contribution in [-0.4, -0.2) is 172 Å². The summed E-state index contributed by atoms with van der Waals surface area (Å²) >= 11 is 0. The van der Waals surface area contributed by atoms with Gasteiger partial charge in [0.25, 0.3) is 0 Å². The van der Waals surface area contributed by atoms with Crippen LogP contribution >= 0.6 is 0 Å². The summed E-state index contributed by atoms with van der Waals surface area (Å²) in [5.74, 6) is -97.2. The van der Waals surface area contributed by atoms with Crippen LogP contribution in [0.2, 0.25) is 0 Å². The second kappa shape index (κ2) is 19.4. The van der Waals surface area contributed by atoms with Crippen LogP contribution in [0, 0.1) is 0 Å². The number of ether oxygens (including phenoxy) is 3. The fourth-order valence-corrected chi connectivity index (χ4v) is 5.02. The molecule has 0 spiro atoms. The summed E-state index contributed by atoms with van der Waals surface area (Å²) in [5.41, 5.74) is 0. The minimum absolute atomic E-state index is 0.121. The third-order valence-electron chi connectivity index (χ3n) is 8.92. The van der Waals surface area contributed by atoms with Crippen molar-refractivity contribution < 1.29 is 146 Å². The van der Waals surface area contributed by atoms with Crippen molar-refractivity contribution in [2.24, 2.45) is 0 Å². The van der Waals surface area contributed by atoms with Crippen LogP contribution in [0.5, 0.6) is 0 Å². The minimum atomic E-state index is -8.62. The lowest BCUT2D eigenvalue weighted by atomic mass is 9.91. The summed E-state index contributed by atoms with van der Waals surface area (Å²) in [6, 6.07) is 0. The molecular formula is C29H30F30N2O3. The van der Waals surface area contributed by atoms with Crippen LogP contribution in [0.15, 0.2) is 0 Å². The summed E-state index contributed by atoms with van der Waals surface area (Å²) < 4.78 is 425. The maximum absolute atomic E-state index is 14.7. The number of halogens is 30. The van der Waals surface area contributed by atoms with E-state index in [2.05, 4.69) is 4.74 Å². The first-order valence-corrected chi connectivity index (χ1v) is 17.0. The van der Waals surface area contributed by atoms with Gasteiger partial charge in [-0.25, -0.2) is 0 Å². The molecule has 64 heavy (non-hydrogen) atoms. The molecule has 1 heterocycles. The Balaban J connectivity index is 3.43. The Kier molecular flexibility index (Phi) is 18.1. The molecule has 0 unspecified atom stereocenters. The summed E-state index contributed by atoms with van der Waals surface area (Å²) in [5, 5.41) is 0. The molecule has 384 valence electrons. The molecule has 0 amide bonds. The first kappa shape index (κ1) is 59.7. The van der Waals surface area contributed by atoms with E-state index in [1.54, 1.807) is 0 Å². The van der Waals surface area contributed by atoms with Crippen LogP contribution in [0.4, 0.5) is 132 Å². The molecule has 1 aliphatic rings. The Morgan fingerprint density at radius 2 is 0.500 bits per heavy atom. The molecule has 0 aromatic carbocycles. The maximum atomic E-state index is 14.7. The van der Waals surface area contributed by atoms with Crippen molar-refractivity contribution in [1.29, 1.82) is 0 Å². The molecule has 0 aromatic rings. The second-order valence-electron chi connectivity index (χ2n) is 13.6. The van der Waals surface area contributed by atoms with Crippen molar-refractivity contribution >= 4 is 0 Å². The van der Waals surface area contributed by atoms with E-state index < -0.39 is 162 Å². The van der Waals surface area contributed by atoms with E-state index in [1.807, 2.05) is 0 Å². The van der Waals surface area contributed by atoms with Crippen molar-refractivity contribution in [3.05, 3.63) is 0 Å². The van der Waals surface area contributed by atoms with Crippen molar-refractivity contribution in [3.8, 4) is 0 Å². The second-order valence-corrected chi connectivity index (χ2v) is 13.6. The third kappa shape index (κ3) is 10.8. The van der Waals surface area contributed by atoms with Gasteiger partial charge < -0.3 is 14.2 Å². The average Bonchev–Trinajstić information content (AvgIpc) is 3.10. The van der Waals surface area contributed by atoms with Gasteiger partial charge in [-0.05, 0) is 25.8 Å². The van der Waals surface area contributed by atoms with E-state index in [0.717, 1.165) is 0 Å². The SMILES string of the molecule is FC(F)(F)C(F)(F)C(F)(F)C(F)(F)C(F)(F)C(F)(F)C(F)(F)CN1CCCCCOCCOCCN(CC(F)(F)C(F)(F)C(F)(F)C(F)(F)C(F)(F)C(F)(F)C(F)(F)F)CCOCC1. The lowest BCUT2D eigenvalue weighted by molar-refractivity contribution is -0.452. The molecule has 0 radical (unpaired) electrons.